The number of carboxylic acids is 2. The van der Waals surface area contributed by atoms with Crippen LogP contribution in [-0.4, -0.2) is 315 Å². The number of imide groups is 3. The Hall–Kier alpha value is -13.0. The van der Waals surface area contributed by atoms with E-state index in [4.69, 9.17) is 19.7 Å². The van der Waals surface area contributed by atoms with Crippen molar-refractivity contribution in [2.75, 3.05) is 119 Å². The number of aliphatic hydroxyl groups excluding tert-OH is 2. The monoisotopic (exact) mass is 2150 g/mol. The number of anilines is 4. The third-order valence-corrected chi connectivity index (χ3v) is 23.7. The molecule has 4 aromatic heterocycles. The van der Waals surface area contributed by atoms with Gasteiger partial charge < -0.3 is 80.4 Å². The minimum absolute atomic E-state index is 0. The summed E-state index contributed by atoms with van der Waals surface area (Å²) in [5, 5.41) is 94.7. The van der Waals surface area contributed by atoms with Crippen molar-refractivity contribution in [2.24, 2.45) is 0 Å². The number of hydrogen-bond donors (Lipinski definition) is 6. The van der Waals surface area contributed by atoms with E-state index in [2.05, 4.69) is 99.3 Å². The summed E-state index contributed by atoms with van der Waals surface area (Å²) in [7, 11) is 0. The molecular formula is C91H110BrN27Na2O20S4. The van der Waals surface area contributed by atoms with Gasteiger partial charge in [0.05, 0.1) is 86.1 Å². The molecule has 54 heteroatoms. The summed E-state index contributed by atoms with van der Waals surface area (Å²) in [5.41, 5.74) is 7.06. The van der Waals surface area contributed by atoms with Crippen LogP contribution < -0.4 is 90.6 Å². The van der Waals surface area contributed by atoms with E-state index in [0.29, 0.717) is 130 Å². The Kier molecular flexibility index (Phi) is 54.3. The zero-order valence-electron chi connectivity index (χ0n) is 80.5. The number of tetrazole rings is 4. The SMILES string of the molecule is C.C.CCN(CC)C(=O)Sc1nnnn1-c1cccc(NC(C)C(=O)OCN2C(=O)c3ccccc3C2=O)c1.CCN(CC)C(=O)Sc1nnnn1-c1cccc(NC(C)C(=O)[O-])c1.CCN(CC)C(=O)Sc1nnnn1-c1cccc(NCC(=O)OCN2C(=O)c3ccccc3C2=O)c1.CCN(CC)C(=O)Sc1nnnn1-c1cccc(NCC(=O)[O-])c1.CCO.CCO.O=C1c2ccccc2C(=O)N1CBr.[Na+].[Na+]. The summed E-state index contributed by atoms with van der Waals surface area (Å²) in [6.07, 6.45) is 0. The van der Waals surface area contributed by atoms with E-state index in [9.17, 15) is 77.3 Å². The predicted octanol–water partition coefficient (Wildman–Crippen LogP) is 3.30. The van der Waals surface area contributed by atoms with Crippen LogP contribution in [0.3, 0.4) is 0 Å². The molecule has 0 spiro atoms. The van der Waals surface area contributed by atoms with Gasteiger partial charge in [0.15, 0.2) is 13.5 Å². The van der Waals surface area contributed by atoms with Gasteiger partial charge in [-0.1, -0.05) is 91.4 Å². The molecule has 7 heterocycles. The molecule has 2 atom stereocenters. The van der Waals surface area contributed by atoms with Crippen molar-refractivity contribution >= 4 is 166 Å². The van der Waals surface area contributed by atoms with Crippen molar-refractivity contribution in [3.8, 4) is 22.7 Å². The molecule has 0 radical (unpaired) electrons. The van der Waals surface area contributed by atoms with Crippen LogP contribution in [0, 0.1) is 0 Å². The number of nitrogens with zero attached hydrogens (tertiary/aromatic N) is 23. The number of nitrogens with one attached hydrogen (secondary N) is 4. The fourth-order valence-electron chi connectivity index (χ4n) is 12.5. The molecule has 7 aromatic carbocycles. The van der Waals surface area contributed by atoms with Crippen LogP contribution in [0.25, 0.3) is 22.7 Å². The fourth-order valence-corrected chi connectivity index (χ4v) is 16.4. The molecule has 47 nitrogen and oxygen atoms in total. The molecule has 0 aliphatic carbocycles. The van der Waals surface area contributed by atoms with Gasteiger partial charge in [-0.2, -0.15) is 18.7 Å². The topological polar surface area (TPSA) is 589 Å². The number of benzene rings is 7. The molecule has 6 N–H and O–H groups in total. The number of thioether (sulfide) groups is 4. The van der Waals surface area contributed by atoms with Crippen molar-refractivity contribution in [3.05, 3.63) is 203 Å². The summed E-state index contributed by atoms with van der Waals surface area (Å²) < 4.78 is 16.1. The molecule has 11 aromatic rings. The van der Waals surface area contributed by atoms with Gasteiger partial charge in [0.25, 0.3) is 56.4 Å². The maximum atomic E-state index is 12.6. The molecule has 762 valence electrons. The van der Waals surface area contributed by atoms with E-state index >= 15 is 0 Å². The smallest absolute Gasteiger partial charge is 0.548 e. The first-order valence-electron chi connectivity index (χ1n) is 43.6. The first-order valence-corrected chi connectivity index (χ1v) is 48.0. The second-order valence-corrected chi connectivity index (χ2v) is 32.9. The van der Waals surface area contributed by atoms with Gasteiger partial charge in [0.2, 0.25) is 20.6 Å². The van der Waals surface area contributed by atoms with Crippen LogP contribution in [0.1, 0.15) is 160 Å². The third-order valence-electron chi connectivity index (χ3n) is 19.7. The van der Waals surface area contributed by atoms with E-state index < -0.39 is 73.1 Å². The molecule has 0 fully saturated rings. The van der Waals surface area contributed by atoms with Crippen LogP contribution in [0.4, 0.5) is 41.9 Å². The van der Waals surface area contributed by atoms with Gasteiger partial charge in [0, 0.05) is 135 Å². The van der Waals surface area contributed by atoms with Crippen LogP contribution in [-0.2, 0) is 28.7 Å². The van der Waals surface area contributed by atoms with Gasteiger partial charge in [-0.05, 0) is 234 Å². The Morgan fingerprint density at radius 2 is 0.621 bits per heavy atom. The molecule has 3 aliphatic heterocycles. The third kappa shape index (κ3) is 34.9. The molecule has 10 amide bonds. The number of aromatic nitrogens is 16. The number of halogens is 1. The standard InChI is InChI=1S/C24H25N7O5S.C23H23N7O5S.C15H20N6O3S.C14H18N6O3S.C9H6BrNO2.2C2H6O.2CH4.2Na/c1-4-29(5-2)24(35)37-23-26-27-28-31(23)17-10-8-9-16(13-17)25-15(3)22(34)36-14-30-20(32)18-11-6-7-12-19(18)21(30)33;1-3-28(4-2)23(34)36-22-25-26-27-30(22)16-9-7-8-15(12-16)24-13-19(31)35-14-29-20(32)17-10-5-6-11-18(17)21(29)33;1-4-20(5-2)15(24)25-14-17-18-19-21(14)12-8-6-7-11(9-12)16-10(3)13(22)23;1-3-19(4-2)14(23)24-13-16-17-18-20(13)11-7-5-6-10(8-11)15-9-12(21)22;10-5-11-8(12)6-3-1-2-4-7(6)9(11)13;2*1-2-3;;;;/h6-13,15,25H,4-5,14H2,1-3H3;5-12,24H,3-4,13-14H2,1-2H3;6-10,16H,4-5H2,1-3H3,(H,22,23);5-8,15H,3-4,9H2,1-2H3,(H,21,22);1-4H,5H2;2*3H,2H2,1H3;2*1H4;;/q;;;;;;;;;2*+1/p-2. The van der Waals surface area contributed by atoms with Crippen molar-refractivity contribution in [2.45, 2.75) is 131 Å². The van der Waals surface area contributed by atoms with Crippen LogP contribution >= 0.6 is 63.0 Å². The molecule has 145 heavy (non-hydrogen) atoms. The molecule has 2 unspecified atom stereocenters. The molecule has 0 bridgehead atoms. The molecule has 0 saturated carbocycles. The first-order chi connectivity index (χ1) is 67.8. The number of hydrogen-bond acceptors (Lipinski definition) is 40. The van der Waals surface area contributed by atoms with Crippen molar-refractivity contribution in [3.63, 3.8) is 0 Å². The van der Waals surface area contributed by atoms with Crippen LogP contribution in [0.2, 0.25) is 0 Å². The molecular weight excluding hydrogens is 2050 g/mol. The predicted molar refractivity (Wildman–Crippen MR) is 532 cm³/mol. The second-order valence-electron chi connectivity index (χ2n) is 28.7. The van der Waals surface area contributed by atoms with Gasteiger partial charge in [-0.15, -0.1) is 20.4 Å². The number of alkyl halides is 1. The van der Waals surface area contributed by atoms with Crippen molar-refractivity contribution in [1.29, 1.82) is 0 Å². The van der Waals surface area contributed by atoms with E-state index in [1.165, 1.54) is 30.6 Å². The number of carbonyl (C=O) groups excluding carboxylic acids is 14. The zero-order chi connectivity index (χ0) is 103. The Labute approximate surface area is 905 Å². The molecule has 3 aliphatic rings. The summed E-state index contributed by atoms with van der Waals surface area (Å²) in [5.74, 6) is -6.16. The number of carboxylic acid groups (broad SMARTS) is 2. The van der Waals surface area contributed by atoms with E-state index in [-0.39, 0.29) is 161 Å². The van der Waals surface area contributed by atoms with Gasteiger partial charge in [-0.3, -0.25) is 57.6 Å². The quantitative estimate of drug-likeness (QED) is 0.00858. The number of ether oxygens (including phenoxy) is 2. The minimum Gasteiger partial charge on any atom is -0.548 e. The van der Waals surface area contributed by atoms with Crippen LogP contribution in [0.15, 0.2) is 190 Å². The minimum atomic E-state index is -1.20. The van der Waals surface area contributed by atoms with Gasteiger partial charge in [0.1, 0.15) is 12.6 Å². The number of aliphatic carboxylic acids is 2. The second kappa shape index (κ2) is 63.3. The van der Waals surface area contributed by atoms with E-state index in [1.54, 1.807) is 210 Å². The zero-order valence-corrected chi connectivity index (χ0v) is 89.3. The van der Waals surface area contributed by atoms with Crippen LogP contribution in [0.5, 0.6) is 0 Å². The summed E-state index contributed by atoms with van der Waals surface area (Å²) in [6, 6.07) is 45.8. The molecule has 14 rings (SSSR count). The maximum Gasteiger partial charge on any atom is 1.00 e. The van der Waals surface area contributed by atoms with Gasteiger partial charge >= 0.3 is 71.1 Å². The van der Waals surface area contributed by atoms with E-state index in [1.807, 2.05) is 55.4 Å². The van der Waals surface area contributed by atoms with Crippen molar-refractivity contribution in [1.82, 2.24) is 115 Å². The first kappa shape index (κ1) is 124. The Morgan fingerprint density at radius 1 is 0.372 bits per heavy atom. The number of amides is 10. The molecule has 0 saturated heterocycles. The number of aliphatic hydroxyl groups is 2. The summed E-state index contributed by atoms with van der Waals surface area (Å²) in [6.45, 7) is 25.4. The summed E-state index contributed by atoms with van der Waals surface area (Å²) >= 11 is 6.84. The number of rotatable bonds is 33. The Bertz CT molecular complexity index is 6080. The summed E-state index contributed by atoms with van der Waals surface area (Å²) in [4.78, 5) is 178. The largest absolute Gasteiger partial charge is 1.00 e. The number of fused-ring (bicyclic) bond motifs is 3. The number of carbonyl (C=O) groups is 14. The fraction of sp³-hybridized carbons (Fsp3) is 0.341. The van der Waals surface area contributed by atoms with E-state index in [0.717, 1.165) is 56.8 Å². The average Bonchev–Trinajstić information content (AvgIpc) is 1.64. The Morgan fingerprint density at radius 3 is 0.883 bits per heavy atom. The Balaban J connectivity index is 0.000000381. The van der Waals surface area contributed by atoms with Gasteiger partial charge in [-0.25, -0.2) is 14.6 Å². The maximum absolute atomic E-state index is 12.6. The average molecular weight is 2160 g/mol. The van der Waals surface area contributed by atoms with Crippen molar-refractivity contribution < 1.29 is 156 Å². The normalized spacial score (nSPS) is 11.8. The number of esters is 2.